The van der Waals surface area contributed by atoms with Gasteiger partial charge >= 0.3 is 5.97 Å². The summed E-state index contributed by atoms with van der Waals surface area (Å²) in [5.74, 6) is 1.30. The maximum absolute atomic E-state index is 11.9. The van der Waals surface area contributed by atoms with Crippen molar-refractivity contribution in [2.24, 2.45) is 10.9 Å². The van der Waals surface area contributed by atoms with E-state index in [9.17, 15) is 4.79 Å². The van der Waals surface area contributed by atoms with Crippen LogP contribution in [0.2, 0.25) is 0 Å². The van der Waals surface area contributed by atoms with Crippen LogP contribution < -0.4 is 15.4 Å². The molecule has 1 aliphatic rings. The first-order valence-electron chi connectivity index (χ1n) is 9.53. The van der Waals surface area contributed by atoms with Crippen LogP contribution in [0.15, 0.2) is 23.2 Å². The standard InChI is InChI=1S/C20H31N3O5.HI/c1-21-20(22-8-4-9-27-13-16-7-10-28-14-16)23-12-15-5-6-18(25-2)17(11-15)19(24)26-3;/h5-6,11,16H,4,7-10,12-14H2,1-3H3,(H2,21,22,23);1H. The predicted molar refractivity (Wildman–Crippen MR) is 122 cm³/mol. The van der Waals surface area contributed by atoms with E-state index in [1.807, 2.05) is 6.07 Å². The van der Waals surface area contributed by atoms with E-state index in [1.165, 1.54) is 14.2 Å². The van der Waals surface area contributed by atoms with Crippen LogP contribution in [-0.4, -0.2) is 66.2 Å². The fourth-order valence-electron chi connectivity index (χ4n) is 2.89. The molecular formula is C20H32IN3O5. The first-order valence-corrected chi connectivity index (χ1v) is 9.53. The Morgan fingerprint density at radius 3 is 2.79 bits per heavy atom. The number of carbonyl (C=O) groups is 1. The second-order valence-electron chi connectivity index (χ2n) is 6.54. The second kappa shape index (κ2) is 14.4. The zero-order valence-corrected chi connectivity index (χ0v) is 19.7. The molecule has 0 bridgehead atoms. The lowest BCUT2D eigenvalue weighted by molar-refractivity contribution is 0.0597. The van der Waals surface area contributed by atoms with E-state index in [0.29, 0.717) is 36.3 Å². The summed E-state index contributed by atoms with van der Waals surface area (Å²) in [6, 6.07) is 5.41. The van der Waals surface area contributed by atoms with Crippen molar-refractivity contribution < 1.29 is 23.7 Å². The number of benzene rings is 1. The molecule has 0 aromatic heterocycles. The van der Waals surface area contributed by atoms with Crippen molar-refractivity contribution in [2.45, 2.75) is 19.4 Å². The lowest BCUT2D eigenvalue weighted by Gasteiger charge is -2.14. The monoisotopic (exact) mass is 521 g/mol. The van der Waals surface area contributed by atoms with Gasteiger partial charge in [-0.2, -0.15) is 0 Å². The molecule has 0 spiro atoms. The summed E-state index contributed by atoms with van der Waals surface area (Å²) in [5.41, 5.74) is 1.32. The minimum absolute atomic E-state index is 0. The van der Waals surface area contributed by atoms with Crippen LogP contribution in [0.25, 0.3) is 0 Å². The number of esters is 1. The third-order valence-electron chi connectivity index (χ3n) is 4.49. The molecule has 1 aromatic rings. The summed E-state index contributed by atoms with van der Waals surface area (Å²) >= 11 is 0. The molecule has 0 saturated carbocycles. The number of rotatable bonds is 10. The minimum Gasteiger partial charge on any atom is -0.496 e. The lowest BCUT2D eigenvalue weighted by atomic mass is 10.1. The number of ether oxygens (including phenoxy) is 4. The van der Waals surface area contributed by atoms with E-state index in [0.717, 1.165) is 44.8 Å². The molecule has 1 unspecified atom stereocenters. The van der Waals surface area contributed by atoms with Crippen molar-refractivity contribution in [3.05, 3.63) is 29.3 Å². The Hall–Kier alpha value is -1.59. The van der Waals surface area contributed by atoms with E-state index >= 15 is 0 Å². The number of aliphatic imine (C=N–C) groups is 1. The molecule has 1 heterocycles. The zero-order valence-electron chi connectivity index (χ0n) is 17.4. The van der Waals surface area contributed by atoms with Crippen LogP contribution in [0.1, 0.15) is 28.8 Å². The zero-order chi connectivity index (χ0) is 20.2. The molecule has 1 aliphatic heterocycles. The molecule has 8 nitrogen and oxygen atoms in total. The van der Waals surface area contributed by atoms with E-state index in [-0.39, 0.29) is 24.0 Å². The van der Waals surface area contributed by atoms with Gasteiger partial charge in [-0.1, -0.05) is 6.07 Å². The van der Waals surface area contributed by atoms with Gasteiger partial charge in [-0.05, 0) is 30.5 Å². The van der Waals surface area contributed by atoms with Crippen LogP contribution >= 0.6 is 24.0 Å². The van der Waals surface area contributed by atoms with Gasteiger partial charge in [0.1, 0.15) is 11.3 Å². The number of nitrogens with zero attached hydrogens (tertiary/aromatic N) is 1. The predicted octanol–water partition coefficient (Wildman–Crippen LogP) is 2.21. The van der Waals surface area contributed by atoms with Gasteiger partial charge in [-0.3, -0.25) is 4.99 Å². The van der Waals surface area contributed by atoms with Gasteiger partial charge in [-0.15, -0.1) is 24.0 Å². The fourth-order valence-corrected chi connectivity index (χ4v) is 2.89. The Bertz CT molecular complexity index is 651. The average molecular weight is 521 g/mol. The summed E-state index contributed by atoms with van der Waals surface area (Å²) in [4.78, 5) is 16.1. The Kier molecular flexibility index (Phi) is 12.6. The highest BCUT2D eigenvalue weighted by Gasteiger charge is 2.15. The maximum atomic E-state index is 11.9. The van der Waals surface area contributed by atoms with Gasteiger partial charge in [0.15, 0.2) is 5.96 Å². The summed E-state index contributed by atoms with van der Waals surface area (Å²) in [6.07, 6.45) is 1.99. The van der Waals surface area contributed by atoms with Gasteiger partial charge in [0.25, 0.3) is 0 Å². The minimum atomic E-state index is -0.426. The maximum Gasteiger partial charge on any atom is 0.341 e. The van der Waals surface area contributed by atoms with Gasteiger partial charge in [-0.25, -0.2) is 4.79 Å². The molecule has 0 aliphatic carbocycles. The average Bonchev–Trinajstić information content (AvgIpc) is 3.25. The number of methoxy groups -OCH3 is 2. The van der Waals surface area contributed by atoms with Crippen LogP contribution in [0.3, 0.4) is 0 Å². The van der Waals surface area contributed by atoms with E-state index in [4.69, 9.17) is 18.9 Å². The first-order chi connectivity index (χ1) is 13.7. The van der Waals surface area contributed by atoms with E-state index in [2.05, 4.69) is 15.6 Å². The Balaban J connectivity index is 0.00000420. The number of nitrogens with one attached hydrogen (secondary N) is 2. The van der Waals surface area contributed by atoms with Crippen molar-refractivity contribution >= 4 is 35.9 Å². The normalized spacial score (nSPS) is 16.1. The van der Waals surface area contributed by atoms with Crippen molar-refractivity contribution in [1.82, 2.24) is 10.6 Å². The number of hydrogen-bond donors (Lipinski definition) is 2. The molecule has 9 heteroatoms. The second-order valence-corrected chi connectivity index (χ2v) is 6.54. The Labute approximate surface area is 189 Å². The van der Waals surface area contributed by atoms with Crippen LogP contribution in [0.5, 0.6) is 5.75 Å². The number of guanidine groups is 1. The molecule has 2 N–H and O–H groups in total. The summed E-state index contributed by atoms with van der Waals surface area (Å²) < 4.78 is 21.0. The highest BCUT2D eigenvalue weighted by molar-refractivity contribution is 14.0. The van der Waals surface area contributed by atoms with Gasteiger partial charge in [0.05, 0.1) is 27.4 Å². The van der Waals surface area contributed by atoms with Crippen LogP contribution in [0.4, 0.5) is 0 Å². The lowest BCUT2D eigenvalue weighted by Crippen LogP contribution is -2.37. The van der Waals surface area contributed by atoms with Crippen molar-refractivity contribution in [2.75, 3.05) is 54.2 Å². The number of halogens is 1. The Morgan fingerprint density at radius 2 is 2.14 bits per heavy atom. The summed E-state index contributed by atoms with van der Waals surface area (Å²) in [5, 5.41) is 6.49. The Morgan fingerprint density at radius 1 is 1.31 bits per heavy atom. The largest absolute Gasteiger partial charge is 0.496 e. The van der Waals surface area contributed by atoms with E-state index in [1.54, 1.807) is 19.2 Å². The third kappa shape index (κ3) is 8.75. The van der Waals surface area contributed by atoms with Crippen molar-refractivity contribution in [1.29, 1.82) is 0 Å². The van der Waals surface area contributed by atoms with Gasteiger partial charge < -0.3 is 29.6 Å². The van der Waals surface area contributed by atoms with Crippen molar-refractivity contribution in [3.63, 3.8) is 0 Å². The fraction of sp³-hybridized carbons (Fsp3) is 0.600. The quantitative estimate of drug-likeness (QED) is 0.161. The molecule has 1 aromatic carbocycles. The molecule has 1 fully saturated rings. The highest BCUT2D eigenvalue weighted by atomic mass is 127. The third-order valence-corrected chi connectivity index (χ3v) is 4.49. The molecule has 1 saturated heterocycles. The van der Waals surface area contributed by atoms with E-state index < -0.39 is 5.97 Å². The SMILES string of the molecule is CN=C(NCCCOCC1CCOC1)NCc1ccc(OC)c(C(=O)OC)c1.I. The first kappa shape index (κ1) is 25.4. The number of carbonyl (C=O) groups excluding carboxylic acids is 1. The molecular weight excluding hydrogens is 489 g/mol. The highest BCUT2D eigenvalue weighted by Crippen LogP contribution is 2.20. The molecule has 1 atom stereocenters. The number of hydrogen-bond acceptors (Lipinski definition) is 6. The van der Waals surface area contributed by atoms with Crippen molar-refractivity contribution in [3.8, 4) is 5.75 Å². The summed E-state index contributed by atoms with van der Waals surface area (Å²) in [6.45, 7) is 4.43. The molecule has 2 rings (SSSR count). The smallest absolute Gasteiger partial charge is 0.341 e. The van der Waals surface area contributed by atoms with Gasteiger partial charge in [0.2, 0.25) is 0 Å². The molecule has 164 valence electrons. The molecule has 0 amide bonds. The molecule has 0 radical (unpaired) electrons. The molecule has 29 heavy (non-hydrogen) atoms. The summed E-state index contributed by atoms with van der Waals surface area (Å²) in [7, 11) is 4.60. The van der Waals surface area contributed by atoms with Gasteiger partial charge in [0, 0.05) is 39.3 Å². The topological polar surface area (TPSA) is 90.4 Å². The van der Waals surface area contributed by atoms with Crippen LogP contribution in [0, 0.1) is 5.92 Å². The van der Waals surface area contributed by atoms with Crippen LogP contribution in [-0.2, 0) is 20.8 Å².